The summed E-state index contributed by atoms with van der Waals surface area (Å²) in [7, 11) is 0.930. The average molecular weight is 455 g/mol. The topological polar surface area (TPSA) is 204 Å². The summed E-state index contributed by atoms with van der Waals surface area (Å²) >= 11 is 0. The molecule has 2 aromatic carbocycles. The number of rotatable bonds is 7. The average Bonchev–Trinajstić information content (AvgIpc) is 2.78. The number of nitrogens with zero attached hydrogens (tertiary/aromatic N) is 3. The normalized spacial score (nSPS) is 11.4. The lowest BCUT2D eigenvalue weighted by atomic mass is 9.99. The van der Waals surface area contributed by atoms with E-state index >= 15 is 0 Å². The van der Waals surface area contributed by atoms with E-state index in [2.05, 4.69) is 20.0 Å². The van der Waals surface area contributed by atoms with Gasteiger partial charge in [-0.1, -0.05) is 6.07 Å². The van der Waals surface area contributed by atoms with Gasteiger partial charge in [-0.05, 0) is 12.1 Å². The molecule has 0 aliphatic heterocycles. The number of nitrogens with one attached hydrogen (secondary N) is 2. The van der Waals surface area contributed by atoms with Crippen LogP contribution in [0.25, 0.3) is 11.0 Å². The van der Waals surface area contributed by atoms with Gasteiger partial charge < -0.3 is 15.0 Å². The highest BCUT2D eigenvalue weighted by atomic mass is 16.6. The number of esters is 1. The number of nitro groups is 2. The summed E-state index contributed by atoms with van der Waals surface area (Å²) in [5, 5.41) is 23.9. The molecule has 0 aliphatic carbocycles. The molecular weight excluding hydrogens is 442 g/mol. The standard InChI is InChI=1S/C19H13N5O9/c1-33-19(28)14(16(25)18(27)20-9-3-2-4-10(7-9)23(29)30)15-17(26)22-13-8-11(24(31)32)5-6-12(13)21-15/h2-8,14H,1H3,(H,20,27)(H,22,26). The van der Waals surface area contributed by atoms with Crippen molar-refractivity contribution < 1.29 is 29.0 Å². The number of hydrogen-bond acceptors (Lipinski definition) is 10. The van der Waals surface area contributed by atoms with Gasteiger partial charge in [-0.3, -0.25) is 39.4 Å². The fourth-order valence-corrected chi connectivity index (χ4v) is 2.88. The van der Waals surface area contributed by atoms with Crippen LogP contribution in [0.1, 0.15) is 11.6 Å². The fourth-order valence-electron chi connectivity index (χ4n) is 2.88. The number of anilines is 1. The molecule has 1 amide bonds. The van der Waals surface area contributed by atoms with Gasteiger partial charge in [0, 0.05) is 30.0 Å². The van der Waals surface area contributed by atoms with Crippen molar-refractivity contribution in [2.45, 2.75) is 5.92 Å². The van der Waals surface area contributed by atoms with Gasteiger partial charge in [-0.25, -0.2) is 4.98 Å². The number of Topliss-reactive ketones (excluding diaryl/α,β-unsaturated/α-hetero) is 1. The monoisotopic (exact) mass is 455 g/mol. The highest BCUT2D eigenvalue weighted by Crippen LogP contribution is 2.21. The number of ether oxygens (including phenoxy) is 1. The second kappa shape index (κ2) is 9.01. The van der Waals surface area contributed by atoms with Gasteiger partial charge in [-0.15, -0.1) is 0 Å². The molecule has 3 aromatic rings. The lowest BCUT2D eigenvalue weighted by Gasteiger charge is -2.13. The van der Waals surface area contributed by atoms with Crippen molar-refractivity contribution in [2.24, 2.45) is 0 Å². The number of carbonyl (C=O) groups excluding carboxylic acids is 3. The third-order valence-corrected chi connectivity index (χ3v) is 4.42. The van der Waals surface area contributed by atoms with Gasteiger partial charge in [-0.2, -0.15) is 0 Å². The molecule has 0 spiro atoms. The van der Waals surface area contributed by atoms with Crippen LogP contribution in [-0.2, 0) is 19.1 Å². The van der Waals surface area contributed by atoms with Gasteiger partial charge in [0.25, 0.3) is 22.8 Å². The third kappa shape index (κ3) is 4.68. The fraction of sp³-hybridized carbons (Fsp3) is 0.105. The first-order valence-electron chi connectivity index (χ1n) is 8.98. The van der Waals surface area contributed by atoms with Gasteiger partial charge in [0.15, 0.2) is 5.92 Å². The van der Waals surface area contributed by atoms with E-state index in [1.165, 1.54) is 18.2 Å². The summed E-state index contributed by atoms with van der Waals surface area (Å²) in [5.41, 5.74) is -2.52. The van der Waals surface area contributed by atoms with Gasteiger partial charge >= 0.3 is 5.97 Å². The summed E-state index contributed by atoms with van der Waals surface area (Å²) in [6, 6.07) is 8.03. The number of aromatic amines is 1. The first-order chi connectivity index (χ1) is 15.6. The van der Waals surface area contributed by atoms with Crippen LogP contribution in [-0.4, -0.2) is 44.6 Å². The van der Waals surface area contributed by atoms with E-state index in [0.717, 1.165) is 31.4 Å². The molecule has 3 rings (SSSR count). The number of aromatic nitrogens is 2. The smallest absolute Gasteiger partial charge is 0.323 e. The number of benzene rings is 2. The van der Waals surface area contributed by atoms with Crippen molar-refractivity contribution in [2.75, 3.05) is 12.4 Å². The summed E-state index contributed by atoms with van der Waals surface area (Å²) in [5.74, 6) is -6.07. The zero-order valence-electron chi connectivity index (χ0n) is 16.6. The number of ketones is 1. The molecule has 168 valence electrons. The van der Waals surface area contributed by atoms with Crippen LogP contribution in [0.2, 0.25) is 0 Å². The molecule has 2 N–H and O–H groups in total. The number of fused-ring (bicyclic) bond motifs is 1. The summed E-state index contributed by atoms with van der Waals surface area (Å²) in [4.78, 5) is 76.7. The molecule has 0 radical (unpaired) electrons. The first kappa shape index (κ1) is 22.7. The number of non-ortho nitro benzene ring substituents is 2. The Hall–Kier alpha value is -5.01. The number of H-pyrrole nitrogens is 1. The maximum atomic E-state index is 12.8. The second-order valence-corrected chi connectivity index (χ2v) is 6.49. The minimum Gasteiger partial charge on any atom is -0.468 e. The van der Waals surface area contributed by atoms with Crippen LogP contribution >= 0.6 is 0 Å². The van der Waals surface area contributed by atoms with Crippen molar-refractivity contribution in [3.05, 3.63) is 78.7 Å². The van der Waals surface area contributed by atoms with Crippen molar-refractivity contribution >= 4 is 45.8 Å². The molecule has 1 aromatic heterocycles. The maximum absolute atomic E-state index is 12.8. The maximum Gasteiger partial charge on any atom is 0.323 e. The van der Waals surface area contributed by atoms with E-state index in [-0.39, 0.29) is 28.1 Å². The Balaban J connectivity index is 2.00. The number of methoxy groups -OCH3 is 1. The lowest BCUT2D eigenvalue weighted by molar-refractivity contribution is -0.384. The molecule has 0 saturated heterocycles. The third-order valence-electron chi connectivity index (χ3n) is 4.42. The quantitative estimate of drug-likeness (QED) is 0.171. The van der Waals surface area contributed by atoms with Crippen LogP contribution in [0, 0.1) is 20.2 Å². The summed E-state index contributed by atoms with van der Waals surface area (Å²) in [6.45, 7) is 0. The SMILES string of the molecule is COC(=O)C(C(=O)C(=O)Nc1cccc([N+](=O)[O-])c1)c1nc2ccc([N+](=O)[O-])cc2[nH]c1=O. The van der Waals surface area contributed by atoms with E-state index in [4.69, 9.17) is 0 Å². The molecular formula is C19H13N5O9. The van der Waals surface area contributed by atoms with E-state index in [0.29, 0.717) is 0 Å². The van der Waals surface area contributed by atoms with E-state index in [1.807, 2.05) is 0 Å². The Morgan fingerprint density at radius 3 is 2.36 bits per heavy atom. The van der Waals surface area contributed by atoms with Crippen molar-refractivity contribution in [1.82, 2.24) is 9.97 Å². The van der Waals surface area contributed by atoms with E-state index in [1.54, 1.807) is 0 Å². The zero-order valence-corrected chi connectivity index (χ0v) is 16.6. The Bertz CT molecular complexity index is 1380. The zero-order chi connectivity index (χ0) is 24.3. The molecule has 0 bridgehead atoms. The Morgan fingerprint density at radius 1 is 1.06 bits per heavy atom. The Kier molecular flexibility index (Phi) is 6.19. The summed E-state index contributed by atoms with van der Waals surface area (Å²) in [6.07, 6.45) is 0. The molecule has 33 heavy (non-hydrogen) atoms. The number of nitro benzene ring substituents is 2. The highest BCUT2D eigenvalue weighted by molar-refractivity contribution is 6.45. The molecule has 1 atom stereocenters. The van der Waals surface area contributed by atoms with E-state index < -0.39 is 44.7 Å². The molecule has 1 unspecified atom stereocenters. The molecule has 14 nitrogen and oxygen atoms in total. The van der Waals surface area contributed by atoms with Crippen molar-refractivity contribution in [3.63, 3.8) is 0 Å². The minimum absolute atomic E-state index is 0.0102. The number of hydrogen-bond donors (Lipinski definition) is 2. The molecule has 1 heterocycles. The Morgan fingerprint density at radius 2 is 1.73 bits per heavy atom. The molecule has 0 fully saturated rings. The highest BCUT2D eigenvalue weighted by Gasteiger charge is 2.38. The lowest BCUT2D eigenvalue weighted by Crippen LogP contribution is -2.37. The second-order valence-electron chi connectivity index (χ2n) is 6.49. The van der Waals surface area contributed by atoms with Crippen LogP contribution in [0.5, 0.6) is 0 Å². The summed E-state index contributed by atoms with van der Waals surface area (Å²) < 4.78 is 4.55. The van der Waals surface area contributed by atoms with E-state index in [9.17, 15) is 39.4 Å². The molecule has 14 heteroatoms. The van der Waals surface area contributed by atoms with Gasteiger partial charge in [0.2, 0.25) is 5.78 Å². The number of carbonyl (C=O) groups is 3. The van der Waals surface area contributed by atoms with Gasteiger partial charge in [0.05, 0.1) is 28.0 Å². The number of amides is 1. The van der Waals surface area contributed by atoms with Gasteiger partial charge in [0.1, 0.15) is 5.69 Å². The predicted octanol–water partition coefficient (Wildman–Crippen LogP) is 1.20. The Labute approximate surface area is 182 Å². The minimum atomic E-state index is -2.06. The van der Waals surface area contributed by atoms with Crippen LogP contribution in [0.15, 0.2) is 47.3 Å². The van der Waals surface area contributed by atoms with Crippen LogP contribution in [0.3, 0.4) is 0 Å². The van der Waals surface area contributed by atoms with Crippen molar-refractivity contribution in [1.29, 1.82) is 0 Å². The largest absolute Gasteiger partial charge is 0.468 e. The molecule has 0 saturated carbocycles. The van der Waals surface area contributed by atoms with Crippen LogP contribution in [0.4, 0.5) is 17.1 Å². The van der Waals surface area contributed by atoms with Crippen LogP contribution < -0.4 is 10.9 Å². The predicted molar refractivity (Wildman–Crippen MR) is 111 cm³/mol. The molecule has 0 aliphatic rings. The van der Waals surface area contributed by atoms with Crippen molar-refractivity contribution in [3.8, 4) is 0 Å². The first-order valence-corrected chi connectivity index (χ1v) is 8.98.